The van der Waals surface area contributed by atoms with Gasteiger partial charge in [-0.1, -0.05) is 0 Å². The Kier molecular flexibility index (Phi) is 6.40. The quantitative estimate of drug-likeness (QED) is 0.200. The number of carbonyl (C=O) groups is 3. The van der Waals surface area contributed by atoms with Crippen molar-refractivity contribution in [3.8, 4) is 0 Å². The molecule has 1 N–H and O–H groups in total. The second kappa shape index (κ2) is 7.72. The van der Waals surface area contributed by atoms with Gasteiger partial charge in [0.05, 0.1) is 4.92 Å². The Morgan fingerprint density at radius 3 is 2.24 bits per heavy atom. The molecule has 0 aromatic rings. The first kappa shape index (κ1) is 20.7. The fourth-order valence-corrected chi connectivity index (χ4v) is 2.41. The smallest absolute Gasteiger partial charge is 0.417 e. The summed E-state index contributed by atoms with van der Waals surface area (Å²) >= 11 is 0. The SMILES string of the molecule is CO[C@]1(OC(C)=O)[C@H](OC(C)=O)[C](OC(C)=O)CO[C@@]1(CO)[N+](=O)[O-]. The van der Waals surface area contributed by atoms with E-state index in [9.17, 15) is 29.6 Å². The molecule has 3 atom stereocenters. The molecular weight excluding hydrogens is 346 g/mol. The van der Waals surface area contributed by atoms with Crippen LogP contribution in [0.2, 0.25) is 0 Å². The molecule has 1 saturated heterocycles. The van der Waals surface area contributed by atoms with Gasteiger partial charge in [-0.15, -0.1) is 0 Å². The highest BCUT2D eigenvalue weighted by Gasteiger charge is 2.77. The van der Waals surface area contributed by atoms with Crippen LogP contribution in [0.3, 0.4) is 0 Å². The molecule has 0 aromatic heterocycles. The zero-order valence-corrected chi connectivity index (χ0v) is 14.0. The molecule has 25 heavy (non-hydrogen) atoms. The number of aliphatic hydroxyl groups excluding tert-OH is 1. The number of methoxy groups -OCH3 is 1. The zero-order chi connectivity index (χ0) is 19.4. The fourth-order valence-electron chi connectivity index (χ4n) is 2.41. The number of rotatable bonds is 6. The van der Waals surface area contributed by atoms with Crippen LogP contribution in [-0.2, 0) is 38.1 Å². The number of nitrogens with zero attached hydrogens (tertiary/aromatic N) is 1. The van der Waals surface area contributed by atoms with Crippen LogP contribution in [0.25, 0.3) is 0 Å². The lowest BCUT2D eigenvalue weighted by atomic mass is 9.89. The van der Waals surface area contributed by atoms with Gasteiger partial charge >= 0.3 is 29.4 Å². The van der Waals surface area contributed by atoms with Crippen LogP contribution in [-0.4, -0.2) is 65.9 Å². The summed E-state index contributed by atoms with van der Waals surface area (Å²) in [5.74, 6) is -5.60. The van der Waals surface area contributed by atoms with Crippen LogP contribution >= 0.6 is 0 Å². The van der Waals surface area contributed by atoms with Gasteiger partial charge in [-0.2, -0.15) is 0 Å². The van der Waals surface area contributed by atoms with E-state index in [1.807, 2.05) is 0 Å². The van der Waals surface area contributed by atoms with Crippen molar-refractivity contribution in [2.75, 3.05) is 20.3 Å². The van der Waals surface area contributed by atoms with Crippen LogP contribution in [0, 0.1) is 16.2 Å². The predicted octanol–water partition coefficient (Wildman–Crippen LogP) is -1.09. The average Bonchev–Trinajstić information content (AvgIpc) is 2.49. The van der Waals surface area contributed by atoms with Crippen LogP contribution in [0.1, 0.15) is 20.8 Å². The molecule has 141 valence electrons. The Balaban J connectivity index is 3.60. The minimum atomic E-state index is -2.84. The maximum absolute atomic E-state index is 11.6. The maximum atomic E-state index is 11.6. The minimum Gasteiger partial charge on any atom is -0.450 e. The minimum absolute atomic E-state index is 0.406. The predicted molar refractivity (Wildman–Crippen MR) is 74.8 cm³/mol. The number of nitro groups is 1. The summed E-state index contributed by atoms with van der Waals surface area (Å²) in [6.07, 6.45) is -2.26. The molecule has 1 aliphatic rings. The number of carbonyl (C=O) groups excluding carboxylic acids is 3. The highest BCUT2D eigenvalue weighted by Crippen LogP contribution is 2.44. The summed E-state index contributed by atoms with van der Waals surface area (Å²) in [7, 11) is 0.910. The number of esters is 3. The molecular formula is C13H18NO11. The second-order valence-electron chi connectivity index (χ2n) is 5.00. The van der Waals surface area contributed by atoms with Gasteiger partial charge in [-0.25, -0.2) is 0 Å². The lowest BCUT2D eigenvalue weighted by molar-refractivity contribution is -0.684. The van der Waals surface area contributed by atoms with Crippen molar-refractivity contribution in [2.24, 2.45) is 0 Å². The third kappa shape index (κ3) is 3.70. The molecule has 1 rings (SSSR count). The fraction of sp³-hybridized carbons (Fsp3) is 0.692. The van der Waals surface area contributed by atoms with Crippen molar-refractivity contribution in [2.45, 2.75) is 38.4 Å². The first-order valence-electron chi connectivity index (χ1n) is 6.91. The second-order valence-corrected chi connectivity index (χ2v) is 5.00. The standard InChI is InChI=1S/C13H18NO11/c1-7(16)23-10-5-22-12(6-15,14(19)20)13(21-4,25-9(3)18)11(10)24-8(2)17/h11,15H,5-6H2,1-4H3/t11-,12-,13+/m1/s1. The van der Waals surface area contributed by atoms with Gasteiger partial charge in [0.2, 0.25) is 12.2 Å². The van der Waals surface area contributed by atoms with Gasteiger partial charge in [-0.3, -0.25) is 24.5 Å². The molecule has 0 amide bonds. The topological polar surface area (TPSA) is 161 Å². The van der Waals surface area contributed by atoms with Gasteiger partial charge in [-0.05, 0) is 0 Å². The number of aliphatic hydroxyl groups is 1. The Hall–Kier alpha value is -2.31. The molecule has 12 nitrogen and oxygen atoms in total. The monoisotopic (exact) mass is 364 g/mol. The van der Waals surface area contributed by atoms with Crippen molar-refractivity contribution < 1.29 is 48.1 Å². The number of hydrogen-bond acceptors (Lipinski definition) is 11. The molecule has 1 fully saturated rings. The van der Waals surface area contributed by atoms with E-state index >= 15 is 0 Å². The Bertz CT molecular complexity index is 564. The van der Waals surface area contributed by atoms with Crippen LogP contribution in [0.5, 0.6) is 0 Å². The Morgan fingerprint density at radius 2 is 1.88 bits per heavy atom. The van der Waals surface area contributed by atoms with Gasteiger partial charge in [0.15, 0.2) is 0 Å². The summed E-state index contributed by atoms with van der Waals surface area (Å²) in [4.78, 5) is 44.8. The van der Waals surface area contributed by atoms with E-state index in [0.717, 1.165) is 27.9 Å². The molecule has 1 radical (unpaired) electrons. The molecule has 1 aliphatic heterocycles. The molecule has 12 heteroatoms. The molecule has 1 heterocycles. The van der Waals surface area contributed by atoms with E-state index < -0.39 is 59.8 Å². The van der Waals surface area contributed by atoms with Crippen LogP contribution in [0.4, 0.5) is 0 Å². The van der Waals surface area contributed by atoms with E-state index in [2.05, 4.69) is 0 Å². The van der Waals surface area contributed by atoms with Crippen LogP contribution < -0.4 is 0 Å². The molecule has 0 aromatic carbocycles. The normalized spacial score (nSPS) is 29.6. The molecule has 0 aliphatic carbocycles. The maximum Gasteiger partial charge on any atom is 0.417 e. The van der Waals surface area contributed by atoms with E-state index in [4.69, 9.17) is 23.7 Å². The average molecular weight is 364 g/mol. The lowest BCUT2D eigenvalue weighted by Gasteiger charge is -2.47. The van der Waals surface area contributed by atoms with Crippen molar-refractivity contribution in [1.29, 1.82) is 0 Å². The highest BCUT2D eigenvalue weighted by molar-refractivity contribution is 5.69. The third-order valence-electron chi connectivity index (χ3n) is 3.30. The van der Waals surface area contributed by atoms with Crippen molar-refractivity contribution in [1.82, 2.24) is 0 Å². The van der Waals surface area contributed by atoms with E-state index in [1.54, 1.807) is 0 Å². The van der Waals surface area contributed by atoms with E-state index in [1.165, 1.54) is 0 Å². The summed E-state index contributed by atoms with van der Waals surface area (Å²) in [5, 5.41) is 21.2. The van der Waals surface area contributed by atoms with E-state index in [-0.39, 0.29) is 0 Å². The van der Waals surface area contributed by atoms with Crippen molar-refractivity contribution >= 4 is 17.9 Å². The first-order valence-corrected chi connectivity index (χ1v) is 6.91. The van der Waals surface area contributed by atoms with Gasteiger partial charge < -0.3 is 28.8 Å². The van der Waals surface area contributed by atoms with Crippen LogP contribution in [0.15, 0.2) is 0 Å². The largest absolute Gasteiger partial charge is 0.450 e. The Labute approximate surface area is 142 Å². The Morgan fingerprint density at radius 1 is 1.28 bits per heavy atom. The number of hydrogen-bond donors (Lipinski definition) is 1. The summed E-state index contributed by atoms with van der Waals surface area (Å²) in [6.45, 7) is 0.910. The third-order valence-corrected chi connectivity index (χ3v) is 3.30. The summed E-state index contributed by atoms with van der Waals surface area (Å²) in [6, 6.07) is 0. The van der Waals surface area contributed by atoms with Crippen molar-refractivity contribution in [3.63, 3.8) is 0 Å². The first-order chi connectivity index (χ1) is 11.6. The molecule has 0 bridgehead atoms. The zero-order valence-electron chi connectivity index (χ0n) is 14.0. The van der Waals surface area contributed by atoms with Gasteiger partial charge in [0.25, 0.3) is 0 Å². The van der Waals surface area contributed by atoms with Crippen molar-refractivity contribution in [3.05, 3.63) is 16.2 Å². The van der Waals surface area contributed by atoms with Gasteiger partial charge in [0.1, 0.15) is 13.2 Å². The lowest BCUT2D eigenvalue weighted by Crippen LogP contribution is -2.75. The highest BCUT2D eigenvalue weighted by atomic mass is 16.8. The van der Waals surface area contributed by atoms with Gasteiger partial charge in [0, 0.05) is 27.9 Å². The molecule has 0 unspecified atom stereocenters. The molecule has 0 saturated carbocycles. The summed E-state index contributed by atoms with van der Waals surface area (Å²) < 4.78 is 24.9. The number of ether oxygens (including phenoxy) is 5. The molecule has 0 spiro atoms. The summed E-state index contributed by atoms with van der Waals surface area (Å²) in [5.41, 5.74) is -2.84. The van der Waals surface area contributed by atoms with E-state index in [0.29, 0.717) is 0 Å².